The van der Waals surface area contributed by atoms with Crippen LogP contribution in [-0.2, 0) is 0 Å². The fourth-order valence-corrected chi connectivity index (χ4v) is 3.97. The number of aliphatic imine (C=N–C) groups is 1. The molecule has 1 heterocycles. The minimum absolute atomic E-state index is 0.514. The molecule has 1 aliphatic carbocycles. The Morgan fingerprint density at radius 2 is 1.78 bits per heavy atom. The SMILES string of the molecule is CN=C(NCC1CCN(C)CC1)NC(C)CCC1CCCCC1. The van der Waals surface area contributed by atoms with Gasteiger partial charge in [-0.1, -0.05) is 32.1 Å². The summed E-state index contributed by atoms with van der Waals surface area (Å²) in [4.78, 5) is 6.83. The van der Waals surface area contributed by atoms with Gasteiger partial charge in [0.2, 0.25) is 0 Å². The predicted molar refractivity (Wildman–Crippen MR) is 100.0 cm³/mol. The second kappa shape index (κ2) is 10.2. The van der Waals surface area contributed by atoms with E-state index in [1.807, 2.05) is 7.05 Å². The van der Waals surface area contributed by atoms with Gasteiger partial charge in [-0.05, 0) is 64.6 Å². The van der Waals surface area contributed by atoms with Gasteiger partial charge < -0.3 is 15.5 Å². The van der Waals surface area contributed by atoms with Gasteiger partial charge in [0.05, 0.1) is 0 Å². The van der Waals surface area contributed by atoms with E-state index in [1.54, 1.807) is 0 Å². The standard InChI is InChI=1S/C19H38N4/c1-16(9-10-17-7-5-4-6-8-17)22-19(20-2)21-15-18-11-13-23(3)14-12-18/h16-18H,4-15H2,1-3H3,(H2,20,21,22). The van der Waals surface area contributed by atoms with Crippen molar-refractivity contribution in [3.8, 4) is 0 Å². The van der Waals surface area contributed by atoms with E-state index in [0.717, 1.165) is 24.3 Å². The lowest BCUT2D eigenvalue weighted by molar-refractivity contribution is 0.220. The zero-order valence-corrected chi connectivity index (χ0v) is 15.6. The minimum Gasteiger partial charge on any atom is -0.356 e. The molecule has 0 aromatic rings. The third-order valence-electron chi connectivity index (χ3n) is 5.74. The van der Waals surface area contributed by atoms with Crippen molar-refractivity contribution in [3.05, 3.63) is 0 Å². The van der Waals surface area contributed by atoms with Crippen molar-refractivity contribution in [3.63, 3.8) is 0 Å². The summed E-state index contributed by atoms with van der Waals surface area (Å²) in [6.45, 7) is 5.82. The molecule has 0 amide bonds. The second-order valence-electron chi connectivity index (χ2n) is 7.83. The highest BCUT2D eigenvalue weighted by Gasteiger charge is 2.18. The monoisotopic (exact) mass is 322 g/mol. The Morgan fingerprint density at radius 3 is 2.43 bits per heavy atom. The second-order valence-corrected chi connectivity index (χ2v) is 7.83. The molecule has 2 fully saturated rings. The molecule has 1 unspecified atom stereocenters. The number of nitrogens with one attached hydrogen (secondary N) is 2. The van der Waals surface area contributed by atoms with Crippen LogP contribution in [-0.4, -0.2) is 50.6 Å². The van der Waals surface area contributed by atoms with E-state index in [1.165, 1.54) is 70.9 Å². The highest BCUT2D eigenvalue weighted by Crippen LogP contribution is 2.27. The van der Waals surface area contributed by atoms with Gasteiger partial charge in [-0.3, -0.25) is 4.99 Å². The summed E-state index contributed by atoms with van der Waals surface area (Å²) in [6, 6.07) is 0.514. The van der Waals surface area contributed by atoms with Crippen LogP contribution in [0, 0.1) is 11.8 Å². The van der Waals surface area contributed by atoms with Gasteiger partial charge in [-0.25, -0.2) is 0 Å². The molecule has 23 heavy (non-hydrogen) atoms. The minimum atomic E-state index is 0.514. The Morgan fingerprint density at radius 1 is 1.09 bits per heavy atom. The van der Waals surface area contributed by atoms with E-state index >= 15 is 0 Å². The van der Waals surface area contributed by atoms with Crippen molar-refractivity contribution in [2.45, 2.75) is 70.8 Å². The molecule has 1 aliphatic heterocycles. The number of likely N-dealkylation sites (tertiary alicyclic amines) is 1. The van der Waals surface area contributed by atoms with Crippen LogP contribution in [0.15, 0.2) is 4.99 Å². The number of guanidine groups is 1. The Hall–Kier alpha value is -0.770. The largest absolute Gasteiger partial charge is 0.356 e. The van der Waals surface area contributed by atoms with Gasteiger partial charge in [-0.2, -0.15) is 0 Å². The fourth-order valence-electron chi connectivity index (χ4n) is 3.97. The molecule has 1 saturated heterocycles. The highest BCUT2D eigenvalue weighted by atomic mass is 15.2. The summed E-state index contributed by atoms with van der Waals surface area (Å²) in [5.74, 6) is 2.75. The molecule has 1 saturated carbocycles. The molecule has 2 N–H and O–H groups in total. The normalized spacial score (nSPS) is 23.7. The van der Waals surface area contributed by atoms with Crippen molar-refractivity contribution in [2.75, 3.05) is 33.7 Å². The first kappa shape index (κ1) is 18.6. The number of piperidine rings is 1. The van der Waals surface area contributed by atoms with Crippen LogP contribution in [0.25, 0.3) is 0 Å². The quantitative estimate of drug-likeness (QED) is 0.582. The Balaban J connectivity index is 1.61. The van der Waals surface area contributed by atoms with E-state index in [-0.39, 0.29) is 0 Å². The average molecular weight is 323 g/mol. The van der Waals surface area contributed by atoms with E-state index in [0.29, 0.717) is 6.04 Å². The molecule has 0 radical (unpaired) electrons. The van der Waals surface area contributed by atoms with Crippen molar-refractivity contribution in [1.82, 2.24) is 15.5 Å². The first-order valence-electron chi connectivity index (χ1n) is 9.83. The lowest BCUT2D eigenvalue weighted by Gasteiger charge is -2.29. The van der Waals surface area contributed by atoms with Crippen molar-refractivity contribution in [2.24, 2.45) is 16.8 Å². The summed E-state index contributed by atoms with van der Waals surface area (Å²) in [7, 11) is 4.11. The summed E-state index contributed by atoms with van der Waals surface area (Å²) >= 11 is 0. The van der Waals surface area contributed by atoms with E-state index in [4.69, 9.17) is 0 Å². The maximum Gasteiger partial charge on any atom is 0.191 e. The van der Waals surface area contributed by atoms with E-state index in [9.17, 15) is 0 Å². The predicted octanol–water partition coefficient (Wildman–Crippen LogP) is 3.24. The third kappa shape index (κ3) is 7.11. The Bertz CT molecular complexity index is 341. The Labute approximate surface area is 143 Å². The molecule has 2 aliphatic rings. The number of rotatable bonds is 6. The van der Waals surface area contributed by atoms with Gasteiger partial charge in [0, 0.05) is 19.6 Å². The van der Waals surface area contributed by atoms with Gasteiger partial charge in [0.1, 0.15) is 0 Å². The van der Waals surface area contributed by atoms with Crippen molar-refractivity contribution < 1.29 is 0 Å². The summed E-state index contributed by atoms with van der Waals surface area (Å²) in [5, 5.41) is 7.13. The number of hydrogen-bond acceptors (Lipinski definition) is 2. The molecule has 1 atom stereocenters. The van der Waals surface area contributed by atoms with Crippen LogP contribution < -0.4 is 10.6 Å². The lowest BCUT2D eigenvalue weighted by atomic mass is 9.85. The zero-order chi connectivity index (χ0) is 16.5. The molecule has 0 aromatic heterocycles. The van der Waals surface area contributed by atoms with Gasteiger partial charge >= 0.3 is 0 Å². The molecule has 0 bridgehead atoms. The number of hydrogen-bond donors (Lipinski definition) is 2. The van der Waals surface area contributed by atoms with Gasteiger partial charge in [0.25, 0.3) is 0 Å². The van der Waals surface area contributed by atoms with Gasteiger partial charge in [-0.15, -0.1) is 0 Å². The highest BCUT2D eigenvalue weighted by molar-refractivity contribution is 5.79. The van der Waals surface area contributed by atoms with Crippen LogP contribution in [0.1, 0.15) is 64.7 Å². The fraction of sp³-hybridized carbons (Fsp3) is 0.947. The smallest absolute Gasteiger partial charge is 0.191 e. The molecule has 0 aromatic carbocycles. The van der Waals surface area contributed by atoms with Crippen molar-refractivity contribution in [1.29, 1.82) is 0 Å². The van der Waals surface area contributed by atoms with Gasteiger partial charge in [0.15, 0.2) is 5.96 Å². The van der Waals surface area contributed by atoms with Crippen LogP contribution in [0.5, 0.6) is 0 Å². The summed E-state index contributed by atoms with van der Waals surface area (Å²) in [6.07, 6.45) is 12.5. The molecule has 4 heteroatoms. The average Bonchev–Trinajstić information content (AvgIpc) is 2.59. The van der Waals surface area contributed by atoms with E-state index in [2.05, 4.69) is 34.5 Å². The van der Waals surface area contributed by atoms with Crippen LogP contribution in [0.3, 0.4) is 0 Å². The van der Waals surface area contributed by atoms with E-state index < -0.39 is 0 Å². The first-order chi connectivity index (χ1) is 11.2. The molecule has 0 spiro atoms. The zero-order valence-electron chi connectivity index (χ0n) is 15.6. The molecular weight excluding hydrogens is 284 g/mol. The number of nitrogens with zero attached hydrogens (tertiary/aromatic N) is 2. The Kier molecular flexibility index (Phi) is 8.21. The third-order valence-corrected chi connectivity index (χ3v) is 5.74. The van der Waals surface area contributed by atoms with Crippen LogP contribution in [0.2, 0.25) is 0 Å². The molecule has 2 rings (SSSR count). The first-order valence-corrected chi connectivity index (χ1v) is 9.83. The molecule has 134 valence electrons. The maximum atomic E-state index is 4.41. The van der Waals surface area contributed by atoms with Crippen molar-refractivity contribution >= 4 is 5.96 Å². The topological polar surface area (TPSA) is 39.7 Å². The lowest BCUT2D eigenvalue weighted by Crippen LogP contribution is -2.45. The van der Waals surface area contributed by atoms with Crippen LogP contribution in [0.4, 0.5) is 0 Å². The summed E-state index contributed by atoms with van der Waals surface area (Å²) < 4.78 is 0. The molecule has 4 nitrogen and oxygen atoms in total. The summed E-state index contributed by atoms with van der Waals surface area (Å²) in [5.41, 5.74) is 0. The molecular formula is C19H38N4. The maximum absolute atomic E-state index is 4.41. The van der Waals surface area contributed by atoms with Crippen LogP contribution >= 0.6 is 0 Å².